The van der Waals surface area contributed by atoms with Crippen molar-refractivity contribution in [3.05, 3.63) is 28.2 Å². The van der Waals surface area contributed by atoms with Gasteiger partial charge in [-0.3, -0.25) is 4.79 Å². The van der Waals surface area contributed by atoms with Gasteiger partial charge in [0.2, 0.25) is 0 Å². The van der Waals surface area contributed by atoms with E-state index in [0.29, 0.717) is 10.8 Å². The third-order valence-electron chi connectivity index (χ3n) is 1.65. The smallest absolute Gasteiger partial charge is 0.324 e. The van der Waals surface area contributed by atoms with Gasteiger partial charge in [-0.1, -0.05) is 29.3 Å². The van der Waals surface area contributed by atoms with Crippen molar-refractivity contribution in [1.82, 2.24) is 0 Å². The molecule has 3 N–H and O–H groups in total. The maximum Gasteiger partial charge on any atom is 0.324 e. The first-order valence-electron chi connectivity index (χ1n) is 4.07. The number of nitrogens with two attached hydrogens (primary N) is 1. The summed E-state index contributed by atoms with van der Waals surface area (Å²) < 4.78 is 5.12. The zero-order valence-electron chi connectivity index (χ0n) is 7.61. The summed E-state index contributed by atoms with van der Waals surface area (Å²) in [6.07, 6.45) is 0. The van der Waals surface area contributed by atoms with Crippen LogP contribution in [0.5, 0.6) is 5.75 Å². The largest absolute Gasteiger partial charge is 0.490 e. The predicted molar refractivity (Wildman–Crippen MR) is 57.6 cm³/mol. The Morgan fingerprint density at radius 3 is 2.80 bits per heavy atom. The van der Waals surface area contributed by atoms with Crippen LogP contribution in [0, 0.1) is 0 Å². The molecule has 82 valence electrons. The Bertz CT molecular complexity index is 370. The summed E-state index contributed by atoms with van der Waals surface area (Å²) in [5.41, 5.74) is 5.25. The molecule has 0 aromatic heterocycles. The fraction of sp³-hybridized carbons (Fsp3) is 0.222. The second-order valence-corrected chi connectivity index (χ2v) is 3.59. The number of hydrogen-bond donors (Lipinski definition) is 2. The third kappa shape index (κ3) is 3.27. The van der Waals surface area contributed by atoms with Gasteiger partial charge in [-0.25, -0.2) is 0 Å². The van der Waals surface area contributed by atoms with Crippen LogP contribution in [0.1, 0.15) is 0 Å². The summed E-state index contributed by atoms with van der Waals surface area (Å²) in [6.45, 7) is -0.157. The third-order valence-corrected chi connectivity index (χ3v) is 2.45. The van der Waals surface area contributed by atoms with Crippen molar-refractivity contribution < 1.29 is 14.6 Å². The highest BCUT2D eigenvalue weighted by Crippen LogP contribution is 2.31. The average molecular weight is 250 g/mol. The molecule has 0 saturated heterocycles. The SMILES string of the molecule is NC(COc1cccc(Cl)c1Cl)C(=O)O. The normalized spacial score (nSPS) is 12.2. The zero-order valence-corrected chi connectivity index (χ0v) is 9.13. The minimum atomic E-state index is -1.13. The van der Waals surface area contributed by atoms with Crippen LogP contribution in [0.2, 0.25) is 10.0 Å². The van der Waals surface area contributed by atoms with Crippen LogP contribution in [0.3, 0.4) is 0 Å². The van der Waals surface area contributed by atoms with Gasteiger partial charge in [0.15, 0.2) is 0 Å². The number of carbonyl (C=O) groups is 1. The molecular weight excluding hydrogens is 241 g/mol. The molecule has 0 bridgehead atoms. The maximum absolute atomic E-state index is 10.4. The number of carboxylic acid groups (broad SMARTS) is 1. The molecule has 0 radical (unpaired) electrons. The quantitative estimate of drug-likeness (QED) is 0.854. The number of carboxylic acids is 1. The van der Waals surface area contributed by atoms with Crippen molar-refractivity contribution >= 4 is 29.2 Å². The molecule has 15 heavy (non-hydrogen) atoms. The summed E-state index contributed by atoms with van der Waals surface area (Å²) in [7, 11) is 0. The molecule has 0 heterocycles. The van der Waals surface area contributed by atoms with E-state index in [1.54, 1.807) is 18.2 Å². The maximum atomic E-state index is 10.4. The highest BCUT2D eigenvalue weighted by molar-refractivity contribution is 6.42. The van der Waals surface area contributed by atoms with Gasteiger partial charge in [-0.15, -0.1) is 0 Å². The molecular formula is C9H9Cl2NO3. The van der Waals surface area contributed by atoms with Crippen LogP contribution >= 0.6 is 23.2 Å². The van der Waals surface area contributed by atoms with Gasteiger partial charge in [0.05, 0.1) is 5.02 Å². The number of rotatable bonds is 4. The van der Waals surface area contributed by atoms with Gasteiger partial charge >= 0.3 is 5.97 Å². The number of halogens is 2. The number of aliphatic carboxylic acids is 1. The minimum absolute atomic E-state index is 0.157. The summed E-state index contributed by atoms with van der Waals surface area (Å²) in [5, 5.41) is 9.11. The van der Waals surface area contributed by atoms with Crippen LogP contribution in [0.25, 0.3) is 0 Å². The Balaban J connectivity index is 2.66. The molecule has 0 amide bonds. The number of benzene rings is 1. The lowest BCUT2D eigenvalue weighted by molar-refractivity contribution is -0.139. The van der Waals surface area contributed by atoms with Crippen LogP contribution in [0.15, 0.2) is 18.2 Å². The lowest BCUT2D eigenvalue weighted by Crippen LogP contribution is -2.36. The average Bonchev–Trinajstić information content (AvgIpc) is 2.19. The molecule has 0 spiro atoms. The van der Waals surface area contributed by atoms with E-state index in [2.05, 4.69) is 0 Å². The van der Waals surface area contributed by atoms with Crippen molar-refractivity contribution in [2.24, 2.45) is 5.73 Å². The molecule has 1 atom stereocenters. The summed E-state index contributed by atoms with van der Waals surface area (Å²) in [5.74, 6) is -0.811. The second-order valence-electron chi connectivity index (χ2n) is 2.81. The highest BCUT2D eigenvalue weighted by Gasteiger charge is 2.13. The van der Waals surface area contributed by atoms with Gasteiger partial charge in [0.1, 0.15) is 23.4 Å². The van der Waals surface area contributed by atoms with E-state index in [4.69, 9.17) is 38.8 Å². The van der Waals surface area contributed by atoms with E-state index >= 15 is 0 Å². The first kappa shape index (κ1) is 12.1. The summed E-state index contributed by atoms with van der Waals surface area (Å²) in [6, 6.07) is 3.76. The Kier molecular flexibility index (Phi) is 4.20. The van der Waals surface area contributed by atoms with Crippen LogP contribution < -0.4 is 10.5 Å². The molecule has 0 fully saturated rings. The molecule has 4 nitrogen and oxygen atoms in total. The van der Waals surface area contributed by atoms with Gasteiger partial charge in [0.25, 0.3) is 0 Å². The lowest BCUT2D eigenvalue weighted by atomic mass is 10.3. The fourth-order valence-electron chi connectivity index (χ4n) is 0.846. The Morgan fingerprint density at radius 2 is 2.20 bits per heavy atom. The van der Waals surface area contributed by atoms with Crippen molar-refractivity contribution in [3.8, 4) is 5.75 Å². The molecule has 0 aliphatic carbocycles. The van der Waals surface area contributed by atoms with Crippen molar-refractivity contribution in [2.45, 2.75) is 6.04 Å². The van der Waals surface area contributed by atoms with Crippen LogP contribution in [-0.4, -0.2) is 23.7 Å². The lowest BCUT2D eigenvalue weighted by Gasteiger charge is -2.10. The molecule has 0 aliphatic rings. The van der Waals surface area contributed by atoms with Crippen molar-refractivity contribution in [2.75, 3.05) is 6.61 Å². The predicted octanol–water partition coefficient (Wildman–Crippen LogP) is 1.78. The van der Waals surface area contributed by atoms with Crippen molar-refractivity contribution in [3.63, 3.8) is 0 Å². The fourth-order valence-corrected chi connectivity index (χ4v) is 1.19. The Morgan fingerprint density at radius 1 is 1.53 bits per heavy atom. The molecule has 1 aromatic carbocycles. The molecule has 1 rings (SSSR count). The zero-order chi connectivity index (χ0) is 11.4. The topological polar surface area (TPSA) is 72.5 Å². The minimum Gasteiger partial charge on any atom is -0.490 e. The molecule has 0 saturated carbocycles. The molecule has 1 unspecified atom stereocenters. The Hall–Kier alpha value is -0.970. The summed E-state index contributed by atoms with van der Waals surface area (Å²) in [4.78, 5) is 10.4. The van der Waals surface area contributed by atoms with Crippen LogP contribution in [-0.2, 0) is 4.79 Å². The molecule has 6 heteroatoms. The van der Waals surface area contributed by atoms with E-state index < -0.39 is 12.0 Å². The van der Waals surface area contributed by atoms with E-state index in [-0.39, 0.29) is 11.6 Å². The van der Waals surface area contributed by atoms with Gasteiger partial charge < -0.3 is 15.6 Å². The van der Waals surface area contributed by atoms with Gasteiger partial charge in [0, 0.05) is 0 Å². The van der Waals surface area contributed by atoms with E-state index in [1.165, 1.54) is 0 Å². The van der Waals surface area contributed by atoms with Crippen molar-refractivity contribution in [1.29, 1.82) is 0 Å². The first-order valence-corrected chi connectivity index (χ1v) is 4.83. The number of hydrogen-bond acceptors (Lipinski definition) is 3. The highest BCUT2D eigenvalue weighted by atomic mass is 35.5. The monoisotopic (exact) mass is 249 g/mol. The van der Waals surface area contributed by atoms with E-state index in [0.717, 1.165) is 0 Å². The molecule has 0 aliphatic heterocycles. The van der Waals surface area contributed by atoms with E-state index in [1.807, 2.05) is 0 Å². The summed E-state index contributed by atoms with van der Waals surface area (Å²) >= 11 is 11.5. The number of ether oxygens (including phenoxy) is 1. The standard InChI is InChI=1S/C9H9Cl2NO3/c10-5-2-1-3-7(8(5)11)15-4-6(12)9(13)14/h1-3,6H,4,12H2,(H,13,14). The second kappa shape index (κ2) is 5.21. The van der Waals surface area contributed by atoms with Gasteiger partial charge in [-0.05, 0) is 12.1 Å². The Labute approximate surface area is 96.5 Å². The van der Waals surface area contributed by atoms with Crippen LogP contribution in [0.4, 0.5) is 0 Å². The first-order chi connectivity index (χ1) is 7.02. The molecule has 1 aromatic rings. The van der Waals surface area contributed by atoms with Gasteiger partial charge in [-0.2, -0.15) is 0 Å². The van der Waals surface area contributed by atoms with E-state index in [9.17, 15) is 4.79 Å².